The minimum absolute atomic E-state index is 0.167. The fourth-order valence-electron chi connectivity index (χ4n) is 4.99. The van der Waals surface area contributed by atoms with Crippen LogP contribution < -0.4 is 20.7 Å². The van der Waals surface area contributed by atoms with E-state index >= 15 is 0 Å². The van der Waals surface area contributed by atoms with Crippen molar-refractivity contribution in [1.82, 2.24) is 20.9 Å². The van der Waals surface area contributed by atoms with E-state index in [9.17, 15) is 15.5 Å². The maximum atomic E-state index is 10.9. The monoisotopic (exact) mass is 511 g/mol. The summed E-state index contributed by atoms with van der Waals surface area (Å²) in [4.78, 5) is 2.24. The Kier molecular flexibility index (Phi) is 11.6. The minimum Gasteiger partial charge on any atom is -0.496 e. The van der Waals surface area contributed by atoms with Crippen LogP contribution in [0.4, 0.5) is 0 Å². The van der Waals surface area contributed by atoms with Gasteiger partial charge in [-0.1, -0.05) is 48.5 Å². The molecule has 0 spiro atoms. The normalized spacial score (nSPS) is 17.9. The second kappa shape index (κ2) is 14.9. The molecule has 1 aliphatic rings. The maximum Gasteiger partial charge on any atom is 0.178 e. The van der Waals surface area contributed by atoms with Gasteiger partial charge in [-0.15, -0.1) is 0 Å². The van der Waals surface area contributed by atoms with Crippen molar-refractivity contribution < 1.29 is 19.7 Å². The molecule has 1 fully saturated rings. The first-order chi connectivity index (χ1) is 18.0. The van der Waals surface area contributed by atoms with Crippen LogP contribution in [-0.4, -0.2) is 67.6 Å². The van der Waals surface area contributed by atoms with Gasteiger partial charge in [0.25, 0.3) is 0 Å². The number of hydrogen-bond acceptors (Lipinski definition) is 9. The Labute approximate surface area is 220 Å². The SMILES string of the molecule is CCOC(O)CCCNC(NC#N)N1CCC(CNC(O)c2ccccc2OC)(c2ccccc2)CC1. The van der Waals surface area contributed by atoms with Crippen molar-refractivity contribution in [2.24, 2.45) is 0 Å². The molecule has 37 heavy (non-hydrogen) atoms. The molecule has 1 heterocycles. The lowest BCUT2D eigenvalue weighted by Crippen LogP contribution is -2.58. The summed E-state index contributed by atoms with van der Waals surface area (Å²) in [5.41, 5.74) is 1.78. The van der Waals surface area contributed by atoms with Crippen molar-refractivity contribution in [3.05, 3.63) is 65.7 Å². The van der Waals surface area contributed by atoms with Gasteiger partial charge in [0.1, 0.15) is 18.3 Å². The van der Waals surface area contributed by atoms with Crippen LogP contribution in [0.25, 0.3) is 0 Å². The molecule has 0 radical (unpaired) electrons. The summed E-state index contributed by atoms with van der Waals surface area (Å²) in [6, 6.07) is 17.9. The van der Waals surface area contributed by atoms with Crippen LogP contribution in [-0.2, 0) is 10.2 Å². The molecule has 202 valence electrons. The van der Waals surface area contributed by atoms with E-state index in [0.717, 1.165) is 32.4 Å². The molecule has 2 aromatic rings. The summed E-state index contributed by atoms with van der Waals surface area (Å²) < 4.78 is 10.6. The van der Waals surface area contributed by atoms with E-state index in [1.165, 1.54) is 5.56 Å². The van der Waals surface area contributed by atoms with Gasteiger partial charge in [-0.3, -0.25) is 20.9 Å². The molecule has 9 heteroatoms. The summed E-state index contributed by atoms with van der Waals surface area (Å²) in [7, 11) is 1.60. The number of nitrogens with zero attached hydrogens (tertiary/aromatic N) is 2. The van der Waals surface area contributed by atoms with Crippen LogP contribution in [0.2, 0.25) is 0 Å². The summed E-state index contributed by atoms with van der Waals surface area (Å²) in [5.74, 6) is 0.649. The number of nitrogens with one attached hydrogen (secondary N) is 3. The quantitative estimate of drug-likeness (QED) is 0.106. The lowest BCUT2D eigenvalue weighted by Gasteiger charge is -2.45. The molecule has 0 bridgehead atoms. The Morgan fingerprint density at radius 2 is 1.76 bits per heavy atom. The van der Waals surface area contributed by atoms with E-state index in [-0.39, 0.29) is 11.7 Å². The molecule has 1 saturated heterocycles. The zero-order valence-corrected chi connectivity index (χ0v) is 21.9. The lowest BCUT2D eigenvalue weighted by atomic mass is 9.72. The van der Waals surface area contributed by atoms with Crippen LogP contribution in [0.3, 0.4) is 0 Å². The predicted octanol–water partition coefficient (Wildman–Crippen LogP) is 2.39. The van der Waals surface area contributed by atoms with Crippen LogP contribution in [0, 0.1) is 11.5 Å². The van der Waals surface area contributed by atoms with Crippen molar-refractivity contribution in [3.8, 4) is 11.9 Å². The third kappa shape index (κ3) is 8.14. The summed E-state index contributed by atoms with van der Waals surface area (Å²) in [6.45, 7) is 5.13. The molecule has 2 aromatic carbocycles. The molecule has 0 saturated carbocycles. The van der Waals surface area contributed by atoms with E-state index < -0.39 is 12.5 Å². The van der Waals surface area contributed by atoms with Gasteiger partial charge < -0.3 is 19.7 Å². The van der Waals surface area contributed by atoms with Gasteiger partial charge in [-0.2, -0.15) is 5.26 Å². The minimum atomic E-state index is -0.850. The molecule has 5 N–H and O–H groups in total. The number of rotatable bonds is 15. The first-order valence-corrected chi connectivity index (χ1v) is 13.0. The molecule has 0 aromatic heterocycles. The van der Waals surface area contributed by atoms with Gasteiger partial charge in [0.05, 0.1) is 7.11 Å². The zero-order valence-electron chi connectivity index (χ0n) is 21.9. The number of aliphatic hydroxyl groups excluding tert-OH is 2. The number of para-hydroxylation sites is 1. The lowest BCUT2D eigenvalue weighted by molar-refractivity contribution is -0.0992. The zero-order chi connectivity index (χ0) is 26.5. The molecule has 0 amide bonds. The summed E-state index contributed by atoms with van der Waals surface area (Å²) in [5, 5.41) is 39.7. The Hall–Kier alpha value is -2.71. The molecular formula is C28H41N5O4. The van der Waals surface area contributed by atoms with Crippen LogP contribution in [0.15, 0.2) is 54.6 Å². The van der Waals surface area contributed by atoms with E-state index in [1.807, 2.05) is 37.3 Å². The molecule has 3 atom stereocenters. The standard InChI is InChI=1S/C28H41N5O4/c1-3-37-25(34)14-9-17-30-27(32-21-29)33-18-15-28(16-19-33,22-10-5-4-6-11-22)20-31-26(35)23-12-7-8-13-24(23)36-2/h4-8,10-13,25-27,30-32,34-35H,3,9,14-20H2,1-2H3. The van der Waals surface area contributed by atoms with Crippen LogP contribution in [0.1, 0.15) is 50.0 Å². The van der Waals surface area contributed by atoms with Crippen molar-refractivity contribution in [1.29, 1.82) is 5.26 Å². The van der Waals surface area contributed by atoms with Gasteiger partial charge in [-0.25, -0.2) is 0 Å². The molecule has 1 aliphatic heterocycles. The number of likely N-dealkylation sites (tertiary alicyclic amines) is 1. The highest BCUT2D eigenvalue weighted by Gasteiger charge is 2.38. The van der Waals surface area contributed by atoms with Gasteiger partial charge in [0.2, 0.25) is 0 Å². The number of nitriles is 1. The van der Waals surface area contributed by atoms with Crippen molar-refractivity contribution in [2.75, 3.05) is 39.9 Å². The first kappa shape index (κ1) is 28.9. The van der Waals surface area contributed by atoms with E-state index in [4.69, 9.17) is 9.47 Å². The third-order valence-corrected chi connectivity index (χ3v) is 7.10. The second-order valence-electron chi connectivity index (χ2n) is 9.37. The molecule has 0 aliphatic carbocycles. The molecule has 9 nitrogen and oxygen atoms in total. The predicted molar refractivity (Wildman–Crippen MR) is 142 cm³/mol. The highest BCUT2D eigenvalue weighted by Crippen LogP contribution is 2.36. The van der Waals surface area contributed by atoms with E-state index in [1.54, 1.807) is 7.11 Å². The molecular weight excluding hydrogens is 470 g/mol. The maximum absolute atomic E-state index is 10.9. The number of aliphatic hydroxyl groups is 2. The smallest absolute Gasteiger partial charge is 0.178 e. The average Bonchev–Trinajstić information content (AvgIpc) is 2.94. The van der Waals surface area contributed by atoms with Gasteiger partial charge in [0.15, 0.2) is 12.5 Å². The number of benzene rings is 2. The third-order valence-electron chi connectivity index (χ3n) is 7.10. The van der Waals surface area contributed by atoms with Gasteiger partial charge in [0, 0.05) is 37.2 Å². The Morgan fingerprint density at radius 1 is 1.05 bits per heavy atom. The van der Waals surface area contributed by atoms with Crippen molar-refractivity contribution in [2.45, 2.75) is 56.8 Å². The number of piperidine rings is 1. The van der Waals surface area contributed by atoms with E-state index in [0.29, 0.717) is 37.4 Å². The van der Waals surface area contributed by atoms with Gasteiger partial charge in [-0.05, 0) is 50.8 Å². The van der Waals surface area contributed by atoms with Crippen molar-refractivity contribution >= 4 is 0 Å². The Bertz CT molecular complexity index is 963. The second-order valence-corrected chi connectivity index (χ2v) is 9.37. The summed E-state index contributed by atoms with van der Waals surface area (Å²) in [6.07, 6.45) is 3.17. The summed E-state index contributed by atoms with van der Waals surface area (Å²) >= 11 is 0. The average molecular weight is 512 g/mol. The van der Waals surface area contributed by atoms with Crippen molar-refractivity contribution in [3.63, 3.8) is 0 Å². The first-order valence-electron chi connectivity index (χ1n) is 13.0. The fourth-order valence-corrected chi connectivity index (χ4v) is 4.99. The van der Waals surface area contributed by atoms with Gasteiger partial charge >= 0.3 is 0 Å². The van der Waals surface area contributed by atoms with Crippen LogP contribution in [0.5, 0.6) is 5.75 Å². The Balaban J connectivity index is 1.64. The largest absolute Gasteiger partial charge is 0.496 e. The number of ether oxygens (including phenoxy) is 2. The Morgan fingerprint density at radius 3 is 2.43 bits per heavy atom. The topological polar surface area (TPSA) is 122 Å². The van der Waals surface area contributed by atoms with Crippen LogP contribution >= 0.6 is 0 Å². The molecule has 3 rings (SSSR count). The highest BCUT2D eigenvalue weighted by molar-refractivity contribution is 5.35. The fraction of sp³-hybridized carbons (Fsp3) is 0.536. The number of methoxy groups -OCH3 is 1. The molecule has 3 unspecified atom stereocenters. The van der Waals surface area contributed by atoms with E-state index in [2.05, 4.69) is 51.3 Å². The highest BCUT2D eigenvalue weighted by atomic mass is 16.6. The number of hydrogen-bond donors (Lipinski definition) is 5.